The average Bonchev–Trinajstić information content (AvgIpc) is 3.21. The molecule has 0 saturated carbocycles. The van der Waals surface area contributed by atoms with Gasteiger partial charge in [0.1, 0.15) is 12.4 Å². The Balaban J connectivity index is 1.33. The maximum atomic E-state index is 14.4. The normalized spacial score (nSPS) is 14.7. The summed E-state index contributed by atoms with van der Waals surface area (Å²) >= 11 is 0. The number of aryl methyl sites for hydroxylation is 2. The lowest BCUT2D eigenvalue weighted by molar-refractivity contribution is 0.107. The molecule has 3 heterocycles. The third kappa shape index (κ3) is 6.07. The van der Waals surface area contributed by atoms with Crippen molar-refractivity contribution < 1.29 is 23.4 Å². The number of methoxy groups -OCH3 is 1. The van der Waals surface area contributed by atoms with Crippen molar-refractivity contribution in [2.75, 3.05) is 51.8 Å². The molecule has 0 unspecified atom stereocenters. The number of ether oxygens (including phenoxy) is 2. The molecule has 1 aliphatic heterocycles. The number of benzene rings is 1. The van der Waals surface area contributed by atoms with Gasteiger partial charge in [0.15, 0.2) is 23.1 Å². The Morgan fingerprint density at radius 3 is 2.42 bits per heavy atom. The van der Waals surface area contributed by atoms with E-state index in [4.69, 9.17) is 14.6 Å². The van der Waals surface area contributed by atoms with Crippen LogP contribution in [0, 0.1) is 18.6 Å². The Kier molecular flexibility index (Phi) is 8.28. The van der Waals surface area contributed by atoms with Crippen molar-refractivity contribution >= 4 is 11.8 Å². The molecule has 1 aromatic carbocycles. The molecule has 12 heteroatoms. The predicted molar refractivity (Wildman–Crippen MR) is 129 cm³/mol. The maximum Gasteiger partial charge on any atom is 0.228 e. The quantitative estimate of drug-likeness (QED) is 0.431. The number of hydrogen-bond donors (Lipinski definition) is 2. The molecule has 2 N–H and O–H groups in total. The van der Waals surface area contributed by atoms with Crippen molar-refractivity contribution in [1.29, 1.82) is 0 Å². The fourth-order valence-corrected chi connectivity index (χ4v) is 4.06. The molecular formula is C24H31F2N7O3. The van der Waals surface area contributed by atoms with Crippen LogP contribution in [0.4, 0.5) is 20.5 Å². The van der Waals surface area contributed by atoms with Gasteiger partial charge in [0.2, 0.25) is 5.95 Å². The molecule has 3 aromatic rings. The second kappa shape index (κ2) is 11.6. The highest BCUT2D eigenvalue weighted by Crippen LogP contribution is 2.27. The second-order valence-electron chi connectivity index (χ2n) is 8.64. The van der Waals surface area contributed by atoms with Gasteiger partial charge in [-0.3, -0.25) is 14.5 Å². The maximum absolute atomic E-state index is 14.4. The molecule has 194 valence electrons. The van der Waals surface area contributed by atoms with Crippen molar-refractivity contribution in [3.05, 3.63) is 53.0 Å². The molecule has 0 atom stereocenters. The van der Waals surface area contributed by atoms with Gasteiger partial charge in [-0.25, -0.2) is 18.7 Å². The number of rotatable bonds is 10. The van der Waals surface area contributed by atoms with Crippen LogP contribution in [0.15, 0.2) is 24.5 Å². The molecule has 0 amide bonds. The summed E-state index contributed by atoms with van der Waals surface area (Å²) in [6.45, 7) is 6.60. The molecule has 1 aliphatic rings. The summed E-state index contributed by atoms with van der Waals surface area (Å²) in [4.78, 5) is 13.0. The first kappa shape index (κ1) is 25.7. The zero-order chi connectivity index (χ0) is 25.7. The number of aliphatic hydroxyl groups excluding tert-OH is 1. The summed E-state index contributed by atoms with van der Waals surface area (Å²) in [7, 11) is 3.21. The Hall–Kier alpha value is -3.35. The van der Waals surface area contributed by atoms with Crippen molar-refractivity contribution in [3.8, 4) is 11.5 Å². The van der Waals surface area contributed by atoms with Crippen molar-refractivity contribution in [1.82, 2.24) is 29.5 Å². The topological polar surface area (TPSA) is 101 Å². The summed E-state index contributed by atoms with van der Waals surface area (Å²) in [5.74, 6) is -0.317. The molecule has 10 nitrogen and oxygen atoms in total. The number of nitrogens with one attached hydrogen (secondary N) is 1. The smallest absolute Gasteiger partial charge is 0.228 e. The zero-order valence-electron chi connectivity index (χ0n) is 20.7. The SMILES string of the molecule is COc1cc(C)c(F)c(COc2cnc(Nc3cc(CN4CCN(CCO)CC4)n(C)n3)nc2)c1F. The summed E-state index contributed by atoms with van der Waals surface area (Å²) in [5, 5.41) is 16.6. The van der Waals surface area contributed by atoms with E-state index in [1.54, 1.807) is 0 Å². The Bertz CT molecular complexity index is 1170. The van der Waals surface area contributed by atoms with E-state index in [0.29, 0.717) is 18.3 Å². The van der Waals surface area contributed by atoms with Crippen molar-refractivity contribution in [3.63, 3.8) is 0 Å². The highest BCUT2D eigenvalue weighted by Gasteiger charge is 2.19. The largest absolute Gasteiger partial charge is 0.494 e. The van der Waals surface area contributed by atoms with Crippen LogP contribution < -0.4 is 14.8 Å². The van der Waals surface area contributed by atoms with Gasteiger partial charge in [-0.2, -0.15) is 5.10 Å². The predicted octanol–water partition coefficient (Wildman–Crippen LogP) is 2.24. The van der Waals surface area contributed by atoms with Crippen LogP contribution in [-0.4, -0.2) is 81.1 Å². The Morgan fingerprint density at radius 1 is 1.06 bits per heavy atom. The number of aromatic nitrogens is 4. The van der Waals surface area contributed by atoms with Gasteiger partial charge in [-0.05, 0) is 18.6 Å². The lowest BCUT2D eigenvalue weighted by Crippen LogP contribution is -2.46. The first-order valence-corrected chi connectivity index (χ1v) is 11.7. The third-order valence-electron chi connectivity index (χ3n) is 6.15. The van der Waals surface area contributed by atoms with E-state index in [-0.39, 0.29) is 35.8 Å². The number of aliphatic hydroxyl groups is 1. The molecule has 1 fully saturated rings. The van der Waals surface area contributed by atoms with Gasteiger partial charge in [0.05, 0.1) is 37.4 Å². The molecular weight excluding hydrogens is 472 g/mol. The van der Waals surface area contributed by atoms with Gasteiger partial charge < -0.3 is 19.9 Å². The molecule has 2 aromatic heterocycles. The molecule has 0 spiro atoms. The number of hydrogen-bond acceptors (Lipinski definition) is 9. The first-order chi connectivity index (χ1) is 17.4. The molecule has 0 radical (unpaired) electrons. The highest BCUT2D eigenvalue weighted by molar-refractivity contribution is 5.48. The van der Waals surface area contributed by atoms with E-state index in [2.05, 4.69) is 30.2 Å². The molecule has 4 rings (SSSR count). The second-order valence-corrected chi connectivity index (χ2v) is 8.64. The number of β-amino-alcohol motifs (C(OH)–C–C–N with tert-alkyl or cyclic N) is 1. The summed E-state index contributed by atoms with van der Waals surface area (Å²) in [5.41, 5.74) is 1.09. The summed E-state index contributed by atoms with van der Waals surface area (Å²) in [6.07, 6.45) is 2.85. The van der Waals surface area contributed by atoms with Gasteiger partial charge in [0, 0.05) is 52.4 Å². The van der Waals surface area contributed by atoms with E-state index in [1.807, 2.05) is 17.8 Å². The standard InChI is InChI=1S/C24H31F2N7O3/c1-16-10-20(35-3)23(26)19(22(16)25)15-36-18-12-27-24(28-13-18)29-21-11-17(31(2)30-21)14-33-6-4-32(5-7-33)8-9-34/h10-13,34H,4-9,14-15H2,1-3H3,(H,27,28,29,30). The van der Waals surface area contributed by atoms with Crippen LogP contribution in [0.25, 0.3) is 0 Å². The minimum atomic E-state index is -0.794. The summed E-state index contributed by atoms with van der Waals surface area (Å²) in [6, 6.07) is 3.25. The lowest BCUT2D eigenvalue weighted by Gasteiger charge is -2.34. The van der Waals surface area contributed by atoms with Gasteiger partial charge >= 0.3 is 0 Å². The number of nitrogens with zero attached hydrogens (tertiary/aromatic N) is 6. The molecule has 0 aliphatic carbocycles. The van der Waals surface area contributed by atoms with Crippen LogP contribution in [0.2, 0.25) is 0 Å². The van der Waals surface area contributed by atoms with Gasteiger partial charge in [-0.15, -0.1) is 0 Å². The first-order valence-electron chi connectivity index (χ1n) is 11.7. The Labute approximate surface area is 208 Å². The van der Waals surface area contributed by atoms with Crippen LogP contribution in [-0.2, 0) is 20.2 Å². The van der Waals surface area contributed by atoms with Crippen LogP contribution in [0.1, 0.15) is 16.8 Å². The van der Waals surface area contributed by atoms with Crippen LogP contribution >= 0.6 is 0 Å². The fraction of sp³-hybridized carbons (Fsp3) is 0.458. The number of piperazine rings is 1. The molecule has 1 saturated heterocycles. The van der Waals surface area contributed by atoms with E-state index in [1.165, 1.54) is 32.5 Å². The lowest BCUT2D eigenvalue weighted by atomic mass is 10.1. The van der Waals surface area contributed by atoms with Crippen LogP contribution in [0.3, 0.4) is 0 Å². The van der Waals surface area contributed by atoms with Crippen molar-refractivity contribution in [2.24, 2.45) is 7.05 Å². The Morgan fingerprint density at radius 2 is 1.75 bits per heavy atom. The van der Waals surface area contributed by atoms with E-state index < -0.39 is 11.6 Å². The third-order valence-corrected chi connectivity index (χ3v) is 6.15. The van der Waals surface area contributed by atoms with Gasteiger partial charge in [0.25, 0.3) is 0 Å². The molecule has 36 heavy (non-hydrogen) atoms. The number of anilines is 2. The fourth-order valence-electron chi connectivity index (χ4n) is 4.06. The van der Waals surface area contributed by atoms with Gasteiger partial charge in [-0.1, -0.05) is 0 Å². The van der Waals surface area contributed by atoms with E-state index >= 15 is 0 Å². The minimum Gasteiger partial charge on any atom is -0.494 e. The van der Waals surface area contributed by atoms with Crippen molar-refractivity contribution in [2.45, 2.75) is 20.1 Å². The van der Waals surface area contributed by atoms with Crippen LogP contribution in [0.5, 0.6) is 11.5 Å². The monoisotopic (exact) mass is 503 g/mol. The number of halogens is 2. The van der Waals surface area contributed by atoms with E-state index in [0.717, 1.165) is 38.4 Å². The zero-order valence-corrected chi connectivity index (χ0v) is 20.7. The minimum absolute atomic E-state index is 0.0398. The molecule has 0 bridgehead atoms. The highest BCUT2D eigenvalue weighted by atomic mass is 19.1. The average molecular weight is 504 g/mol. The van der Waals surface area contributed by atoms with E-state index in [9.17, 15) is 8.78 Å². The summed E-state index contributed by atoms with van der Waals surface area (Å²) < 4.78 is 41.1.